The third kappa shape index (κ3) is 5.64. The summed E-state index contributed by atoms with van der Waals surface area (Å²) in [6.45, 7) is 0.185. The maximum atomic E-state index is 13.0. The van der Waals surface area contributed by atoms with Gasteiger partial charge in [-0.15, -0.1) is 11.3 Å². The van der Waals surface area contributed by atoms with Crippen LogP contribution in [0.2, 0.25) is 4.34 Å². The zero-order chi connectivity index (χ0) is 26.1. The number of alkyl halides is 3. The smallest absolute Gasteiger partial charge is 0.357 e. The van der Waals surface area contributed by atoms with Crippen LogP contribution in [0.15, 0.2) is 46.7 Å². The molecule has 1 aliphatic rings. The van der Waals surface area contributed by atoms with Crippen molar-refractivity contribution in [1.82, 2.24) is 19.6 Å². The van der Waals surface area contributed by atoms with Crippen LogP contribution in [0.3, 0.4) is 0 Å². The molecule has 1 aromatic carbocycles. The number of amides is 1. The van der Waals surface area contributed by atoms with Gasteiger partial charge in [0.1, 0.15) is 10.3 Å². The van der Waals surface area contributed by atoms with Gasteiger partial charge in [0.05, 0.1) is 27.8 Å². The second kappa shape index (κ2) is 10.3. The standard InChI is InChI=1S/C22H21ClF3N5O3S2/c1-27-21-29-15(11-16(30-21)13-4-6-14(7-5-13)22(24,25)26)12-28-20(32)17-3-2-10-31(17)36(33,34)19-9-8-18(23)35-19/h4-9,11,17H,2-3,10,12H2,1H3,(H,28,32)(H,27,29,30)/t17-/m0/s1. The van der Waals surface area contributed by atoms with Gasteiger partial charge in [-0.05, 0) is 43.2 Å². The van der Waals surface area contributed by atoms with Crippen molar-refractivity contribution in [1.29, 1.82) is 0 Å². The van der Waals surface area contributed by atoms with Crippen molar-refractivity contribution in [3.63, 3.8) is 0 Å². The number of benzene rings is 1. The molecule has 1 aliphatic heterocycles. The van der Waals surface area contributed by atoms with E-state index in [2.05, 4.69) is 20.6 Å². The van der Waals surface area contributed by atoms with Gasteiger partial charge in [0.2, 0.25) is 11.9 Å². The molecule has 8 nitrogen and oxygen atoms in total. The Morgan fingerprint density at radius 1 is 1.19 bits per heavy atom. The van der Waals surface area contributed by atoms with Crippen LogP contribution >= 0.6 is 22.9 Å². The third-order valence-corrected chi connectivity index (χ3v) is 9.18. The molecule has 1 atom stereocenters. The number of nitrogens with zero attached hydrogens (tertiary/aromatic N) is 3. The van der Waals surface area contributed by atoms with Gasteiger partial charge in [0, 0.05) is 19.2 Å². The number of anilines is 1. The maximum Gasteiger partial charge on any atom is 0.416 e. The van der Waals surface area contributed by atoms with Gasteiger partial charge in [-0.2, -0.15) is 17.5 Å². The summed E-state index contributed by atoms with van der Waals surface area (Å²) in [7, 11) is -2.28. The number of hydrogen-bond acceptors (Lipinski definition) is 7. The van der Waals surface area contributed by atoms with E-state index in [0.29, 0.717) is 34.1 Å². The van der Waals surface area contributed by atoms with Crippen molar-refractivity contribution in [2.45, 2.75) is 35.8 Å². The molecule has 0 radical (unpaired) electrons. The van der Waals surface area contributed by atoms with Gasteiger partial charge in [-0.25, -0.2) is 18.4 Å². The van der Waals surface area contributed by atoms with Crippen LogP contribution in [-0.2, 0) is 27.5 Å². The van der Waals surface area contributed by atoms with E-state index in [-0.39, 0.29) is 23.2 Å². The lowest BCUT2D eigenvalue weighted by Gasteiger charge is -2.22. The summed E-state index contributed by atoms with van der Waals surface area (Å²) in [5.74, 6) is -0.254. The van der Waals surface area contributed by atoms with Crippen LogP contribution in [-0.4, -0.2) is 48.2 Å². The van der Waals surface area contributed by atoms with E-state index in [0.717, 1.165) is 23.5 Å². The van der Waals surface area contributed by atoms with Crippen molar-refractivity contribution in [2.75, 3.05) is 18.9 Å². The first-order chi connectivity index (χ1) is 17.0. The fourth-order valence-corrected chi connectivity index (χ4v) is 7.08. The molecule has 0 bridgehead atoms. The van der Waals surface area contributed by atoms with Crippen molar-refractivity contribution in [2.24, 2.45) is 0 Å². The highest BCUT2D eigenvalue weighted by atomic mass is 35.5. The van der Waals surface area contributed by atoms with Crippen LogP contribution < -0.4 is 10.6 Å². The van der Waals surface area contributed by atoms with Gasteiger partial charge >= 0.3 is 6.18 Å². The Labute approximate surface area is 214 Å². The van der Waals surface area contributed by atoms with Crippen LogP contribution in [0, 0.1) is 0 Å². The minimum Gasteiger partial charge on any atom is -0.357 e. The van der Waals surface area contributed by atoms with Gasteiger partial charge in [-0.1, -0.05) is 23.7 Å². The number of carbonyl (C=O) groups excluding carboxylic acids is 1. The molecule has 0 aliphatic carbocycles. The first kappa shape index (κ1) is 26.3. The Morgan fingerprint density at radius 3 is 2.53 bits per heavy atom. The Morgan fingerprint density at radius 2 is 1.92 bits per heavy atom. The highest BCUT2D eigenvalue weighted by Crippen LogP contribution is 2.33. The molecule has 36 heavy (non-hydrogen) atoms. The fraction of sp³-hybridized carbons (Fsp3) is 0.318. The molecular formula is C22H21ClF3N5O3S2. The number of nitrogens with one attached hydrogen (secondary N) is 2. The van der Waals surface area contributed by atoms with Gasteiger partial charge in [0.25, 0.3) is 10.0 Å². The van der Waals surface area contributed by atoms with E-state index in [1.165, 1.54) is 28.6 Å². The summed E-state index contributed by atoms with van der Waals surface area (Å²) in [6, 6.07) is 8.14. The normalized spacial score (nSPS) is 16.8. The number of sulfonamides is 1. The van der Waals surface area contributed by atoms with Crippen LogP contribution in [0.25, 0.3) is 11.3 Å². The van der Waals surface area contributed by atoms with Crippen molar-refractivity contribution < 1.29 is 26.4 Å². The Hall–Kier alpha value is -2.74. The number of rotatable bonds is 7. The van der Waals surface area contributed by atoms with Gasteiger partial charge in [0.15, 0.2) is 0 Å². The molecule has 2 aromatic heterocycles. The summed E-state index contributed by atoms with van der Waals surface area (Å²) < 4.78 is 66.3. The summed E-state index contributed by atoms with van der Waals surface area (Å²) in [5.41, 5.74) is 0.432. The van der Waals surface area contributed by atoms with E-state index in [4.69, 9.17) is 11.6 Å². The monoisotopic (exact) mass is 559 g/mol. The van der Waals surface area contributed by atoms with Gasteiger partial charge in [-0.3, -0.25) is 4.79 Å². The predicted molar refractivity (Wildman–Crippen MR) is 130 cm³/mol. The number of aromatic nitrogens is 2. The fourth-order valence-electron chi connectivity index (χ4n) is 3.81. The summed E-state index contributed by atoms with van der Waals surface area (Å²) in [6.07, 6.45) is -3.55. The molecule has 0 unspecified atom stereocenters. The molecule has 0 spiro atoms. The van der Waals surface area contributed by atoms with E-state index in [9.17, 15) is 26.4 Å². The lowest BCUT2D eigenvalue weighted by molar-refractivity contribution is -0.137. The average molecular weight is 560 g/mol. The van der Waals surface area contributed by atoms with E-state index in [1.807, 2.05) is 0 Å². The molecule has 1 amide bonds. The van der Waals surface area contributed by atoms with Gasteiger partial charge < -0.3 is 10.6 Å². The van der Waals surface area contributed by atoms with Crippen molar-refractivity contribution in [3.8, 4) is 11.3 Å². The van der Waals surface area contributed by atoms with E-state index in [1.54, 1.807) is 13.1 Å². The lowest BCUT2D eigenvalue weighted by atomic mass is 10.1. The quantitative estimate of drug-likeness (QED) is 0.445. The minimum absolute atomic E-state index is 0.0289. The largest absolute Gasteiger partial charge is 0.416 e. The predicted octanol–water partition coefficient (Wildman–Crippen LogP) is 4.39. The highest BCUT2D eigenvalue weighted by Gasteiger charge is 2.40. The highest BCUT2D eigenvalue weighted by molar-refractivity contribution is 7.91. The number of hydrogen-bond donors (Lipinski definition) is 2. The zero-order valence-electron chi connectivity index (χ0n) is 18.8. The number of thiophene rings is 1. The third-order valence-electron chi connectivity index (χ3n) is 5.57. The van der Waals surface area contributed by atoms with Crippen molar-refractivity contribution >= 4 is 44.8 Å². The Bertz CT molecular complexity index is 1360. The van der Waals surface area contributed by atoms with Crippen molar-refractivity contribution in [3.05, 3.63) is 58.1 Å². The van der Waals surface area contributed by atoms with Crippen LogP contribution in [0.4, 0.5) is 19.1 Å². The zero-order valence-corrected chi connectivity index (χ0v) is 21.2. The first-order valence-electron chi connectivity index (χ1n) is 10.8. The molecule has 3 heterocycles. The molecule has 1 fully saturated rings. The minimum atomic E-state index is -4.45. The second-order valence-electron chi connectivity index (χ2n) is 7.94. The second-order valence-corrected chi connectivity index (χ2v) is 11.8. The molecular weight excluding hydrogens is 539 g/mol. The molecule has 192 valence electrons. The molecule has 2 N–H and O–H groups in total. The molecule has 1 saturated heterocycles. The average Bonchev–Trinajstić information content (AvgIpc) is 3.52. The summed E-state index contributed by atoms with van der Waals surface area (Å²) in [4.78, 5) is 21.5. The first-order valence-corrected chi connectivity index (χ1v) is 13.4. The molecule has 14 heteroatoms. The summed E-state index contributed by atoms with van der Waals surface area (Å²) >= 11 is 6.82. The van der Waals surface area contributed by atoms with Crippen LogP contribution in [0.5, 0.6) is 0 Å². The number of carbonyl (C=O) groups is 1. The molecule has 3 aromatic rings. The van der Waals surface area contributed by atoms with E-state index < -0.39 is 33.7 Å². The molecule has 4 rings (SSSR count). The Kier molecular flexibility index (Phi) is 7.55. The Balaban J connectivity index is 1.50. The number of halogens is 4. The topological polar surface area (TPSA) is 104 Å². The van der Waals surface area contributed by atoms with E-state index >= 15 is 0 Å². The van der Waals surface area contributed by atoms with Crippen LogP contribution in [0.1, 0.15) is 24.1 Å². The lowest BCUT2D eigenvalue weighted by Crippen LogP contribution is -2.45. The maximum absolute atomic E-state index is 13.0. The SMILES string of the molecule is CNc1nc(CNC(=O)[C@@H]2CCCN2S(=O)(=O)c2ccc(Cl)s2)cc(-c2ccc(C(F)(F)F)cc2)n1. The summed E-state index contributed by atoms with van der Waals surface area (Å²) in [5, 5.41) is 5.52. The molecule has 0 saturated carbocycles.